The molecular formula is C18H21ClN2O4. The largest absolute Gasteiger partial charge is 0.481 e. The molecule has 6 nitrogen and oxygen atoms in total. The van der Waals surface area contributed by atoms with E-state index in [4.69, 9.17) is 11.6 Å². The van der Waals surface area contributed by atoms with Gasteiger partial charge in [0.15, 0.2) is 0 Å². The molecule has 0 unspecified atom stereocenters. The van der Waals surface area contributed by atoms with Gasteiger partial charge in [0.1, 0.15) is 0 Å². The van der Waals surface area contributed by atoms with Crippen molar-refractivity contribution in [3.63, 3.8) is 0 Å². The van der Waals surface area contributed by atoms with Gasteiger partial charge in [-0.05, 0) is 37.5 Å². The lowest BCUT2D eigenvalue weighted by atomic mass is 9.96. The molecule has 2 aliphatic heterocycles. The maximum atomic E-state index is 12.7. The summed E-state index contributed by atoms with van der Waals surface area (Å²) >= 11 is 6.14. The summed E-state index contributed by atoms with van der Waals surface area (Å²) in [6.45, 7) is 2.99. The summed E-state index contributed by atoms with van der Waals surface area (Å²) in [5.41, 5.74) is 1.62. The van der Waals surface area contributed by atoms with Gasteiger partial charge in [-0.15, -0.1) is 0 Å². The third-order valence-electron chi connectivity index (χ3n) is 5.02. The highest BCUT2D eigenvalue weighted by molar-refractivity contribution is 6.31. The lowest BCUT2D eigenvalue weighted by Gasteiger charge is -2.32. The van der Waals surface area contributed by atoms with Gasteiger partial charge in [0.2, 0.25) is 11.8 Å². The number of carboxylic acids is 1. The van der Waals surface area contributed by atoms with Crippen molar-refractivity contribution in [3.8, 4) is 0 Å². The van der Waals surface area contributed by atoms with Crippen LogP contribution < -0.4 is 4.90 Å². The Bertz CT molecular complexity index is 721. The van der Waals surface area contributed by atoms with E-state index in [0.717, 1.165) is 5.56 Å². The molecule has 2 atom stereocenters. The highest BCUT2D eigenvalue weighted by Crippen LogP contribution is 2.30. The van der Waals surface area contributed by atoms with Crippen LogP contribution in [-0.2, 0) is 14.4 Å². The van der Waals surface area contributed by atoms with Gasteiger partial charge in [0.25, 0.3) is 0 Å². The highest BCUT2D eigenvalue weighted by Gasteiger charge is 2.39. The van der Waals surface area contributed by atoms with Crippen molar-refractivity contribution < 1.29 is 19.5 Å². The molecule has 1 N–H and O–H groups in total. The maximum absolute atomic E-state index is 12.7. The molecule has 1 aromatic carbocycles. The summed E-state index contributed by atoms with van der Waals surface area (Å²) in [7, 11) is 0. The molecule has 0 spiro atoms. The van der Waals surface area contributed by atoms with E-state index < -0.39 is 17.8 Å². The summed E-state index contributed by atoms with van der Waals surface area (Å²) in [6, 6.07) is 5.42. The number of benzene rings is 1. The van der Waals surface area contributed by atoms with E-state index in [0.29, 0.717) is 36.6 Å². The van der Waals surface area contributed by atoms with Crippen LogP contribution >= 0.6 is 11.6 Å². The number of carbonyl (C=O) groups excluding carboxylic acids is 2. The van der Waals surface area contributed by atoms with Gasteiger partial charge in [-0.1, -0.05) is 17.7 Å². The number of aliphatic carboxylic acids is 1. The first kappa shape index (κ1) is 17.7. The zero-order valence-corrected chi connectivity index (χ0v) is 14.8. The molecule has 0 saturated carbocycles. The third kappa shape index (κ3) is 3.63. The Morgan fingerprint density at radius 2 is 2.00 bits per heavy atom. The Kier molecular flexibility index (Phi) is 4.99. The molecule has 0 aliphatic carbocycles. The molecule has 2 heterocycles. The smallest absolute Gasteiger partial charge is 0.308 e. The Balaban J connectivity index is 1.70. The molecule has 25 heavy (non-hydrogen) atoms. The standard InChI is InChI=1S/C18H21ClN2O4/c1-11-4-5-14(8-15(11)19)21-10-13(7-16(21)22)17(23)20-6-2-3-12(9-20)18(24)25/h4-5,8,12-13H,2-3,6-7,9-10H2,1H3,(H,24,25)/t12-,13+/m0/s1. The summed E-state index contributed by atoms with van der Waals surface area (Å²) < 4.78 is 0. The molecule has 134 valence electrons. The number of nitrogens with zero attached hydrogens (tertiary/aromatic N) is 2. The predicted octanol–water partition coefficient (Wildman–Crippen LogP) is 2.32. The summed E-state index contributed by atoms with van der Waals surface area (Å²) in [6.07, 6.45) is 1.43. The molecule has 1 aromatic rings. The number of aryl methyl sites for hydroxylation is 1. The fourth-order valence-electron chi connectivity index (χ4n) is 3.51. The van der Waals surface area contributed by atoms with Crippen LogP contribution in [0.15, 0.2) is 18.2 Å². The van der Waals surface area contributed by atoms with Crippen molar-refractivity contribution in [1.29, 1.82) is 0 Å². The second-order valence-corrected chi connectivity index (χ2v) is 7.21. The van der Waals surface area contributed by atoms with E-state index in [-0.39, 0.29) is 24.8 Å². The van der Waals surface area contributed by atoms with Crippen LogP contribution in [0.5, 0.6) is 0 Å². The molecule has 2 saturated heterocycles. The monoisotopic (exact) mass is 364 g/mol. The normalized spacial score (nSPS) is 23.8. The van der Waals surface area contributed by atoms with E-state index in [9.17, 15) is 19.5 Å². The third-order valence-corrected chi connectivity index (χ3v) is 5.43. The van der Waals surface area contributed by atoms with Crippen LogP contribution in [0.2, 0.25) is 5.02 Å². The number of rotatable bonds is 3. The molecular weight excluding hydrogens is 344 g/mol. The van der Waals surface area contributed by atoms with Crippen molar-refractivity contribution in [3.05, 3.63) is 28.8 Å². The number of amides is 2. The SMILES string of the molecule is Cc1ccc(N2C[C@H](C(=O)N3CCC[C@H](C(=O)O)C3)CC2=O)cc1Cl. The average Bonchev–Trinajstić information content (AvgIpc) is 2.98. The van der Waals surface area contributed by atoms with Crippen molar-refractivity contribution in [2.24, 2.45) is 11.8 Å². The van der Waals surface area contributed by atoms with Gasteiger partial charge >= 0.3 is 5.97 Å². The fraction of sp³-hybridized carbons (Fsp3) is 0.500. The lowest BCUT2D eigenvalue weighted by molar-refractivity contribution is -0.146. The van der Waals surface area contributed by atoms with Crippen LogP contribution in [0.4, 0.5) is 5.69 Å². The van der Waals surface area contributed by atoms with Gasteiger partial charge in [-0.3, -0.25) is 14.4 Å². The van der Waals surface area contributed by atoms with Gasteiger partial charge in [0.05, 0.1) is 11.8 Å². The minimum atomic E-state index is -0.865. The molecule has 3 rings (SSSR count). The lowest BCUT2D eigenvalue weighted by Crippen LogP contribution is -2.45. The van der Waals surface area contributed by atoms with Crippen molar-refractivity contribution in [1.82, 2.24) is 4.90 Å². The van der Waals surface area contributed by atoms with Crippen LogP contribution in [0.25, 0.3) is 0 Å². The van der Waals surface area contributed by atoms with Gasteiger partial charge in [-0.2, -0.15) is 0 Å². The number of hydrogen-bond acceptors (Lipinski definition) is 3. The summed E-state index contributed by atoms with van der Waals surface area (Å²) in [4.78, 5) is 39.5. The highest BCUT2D eigenvalue weighted by atomic mass is 35.5. The Morgan fingerprint density at radius 1 is 1.24 bits per heavy atom. The zero-order valence-electron chi connectivity index (χ0n) is 14.1. The second kappa shape index (κ2) is 7.04. The first-order chi connectivity index (χ1) is 11.9. The van der Waals surface area contributed by atoms with Gasteiger partial charge in [0, 0.05) is 36.8 Å². The molecule has 0 aromatic heterocycles. The number of likely N-dealkylation sites (tertiary alicyclic amines) is 1. The molecule has 7 heteroatoms. The van der Waals surface area contributed by atoms with Crippen LogP contribution in [0.3, 0.4) is 0 Å². The molecule has 2 aliphatic rings. The topological polar surface area (TPSA) is 77.9 Å². The Labute approximate surface area is 151 Å². The Hall–Kier alpha value is -2.08. The van der Waals surface area contributed by atoms with Crippen molar-refractivity contribution in [2.75, 3.05) is 24.5 Å². The Morgan fingerprint density at radius 3 is 2.68 bits per heavy atom. The van der Waals surface area contributed by atoms with Crippen LogP contribution in [0, 0.1) is 18.8 Å². The van der Waals surface area contributed by atoms with E-state index >= 15 is 0 Å². The second-order valence-electron chi connectivity index (χ2n) is 6.80. The number of hydrogen-bond donors (Lipinski definition) is 1. The minimum Gasteiger partial charge on any atom is -0.481 e. The van der Waals surface area contributed by atoms with Crippen LogP contribution in [0.1, 0.15) is 24.8 Å². The van der Waals surface area contributed by atoms with E-state index in [1.54, 1.807) is 15.9 Å². The number of piperidine rings is 1. The molecule has 2 amide bonds. The van der Waals surface area contributed by atoms with E-state index in [2.05, 4.69) is 0 Å². The zero-order chi connectivity index (χ0) is 18.1. The summed E-state index contributed by atoms with van der Waals surface area (Å²) in [5.74, 6) is -2.04. The quantitative estimate of drug-likeness (QED) is 0.892. The fourth-order valence-corrected chi connectivity index (χ4v) is 3.68. The molecule has 2 fully saturated rings. The van der Waals surface area contributed by atoms with Crippen LogP contribution in [-0.4, -0.2) is 47.4 Å². The number of carboxylic acid groups (broad SMARTS) is 1. The first-order valence-electron chi connectivity index (χ1n) is 8.45. The van der Waals surface area contributed by atoms with Crippen molar-refractivity contribution >= 4 is 35.1 Å². The van der Waals surface area contributed by atoms with Gasteiger partial charge < -0.3 is 14.9 Å². The van der Waals surface area contributed by atoms with E-state index in [1.807, 2.05) is 19.1 Å². The van der Waals surface area contributed by atoms with Gasteiger partial charge in [-0.25, -0.2) is 0 Å². The minimum absolute atomic E-state index is 0.106. The average molecular weight is 365 g/mol. The summed E-state index contributed by atoms with van der Waals surface area (Å²) in [5, 5.41) is 9.76. The molecule has 0 radical (unpaired) electrons. The number of halogens is 1. The number of anilines is 1. The van der Waals surface area contributed by atoms with E-state index in [1.165, 1.54) is 0 Å². The first-order valence-corrected chi connectivity index (χ1v) is 8.82. The van der Waals surface area contributed by atoms with Crippen molar-refractivity contribution in [2.45, 2.75) is 26.2 Å². The molecule has 0 bridgehead atoms. The predicted molar refractivity (Wildman–Crippen MR) is 93.6 cm³/mol. The maximum Gasteiger partial charge on any atom is 0.308 e. The number of carbonyl (C=O) groups is 3.